The number of carbonyl (C=O) groups is 2. The van der Waals surface area contributed by atoms with Gasteiger partial charge in [0, 0.05) is 24.7 Å². The Labute approximate surface area is 320 Å². The third-order valence-corrected chi connectivity index (χ3v) is 12.3. The van der Waals surface area contributed by atoms with Gasteiger partial charge in [0.1, 0.15) is 10.8 Å². The van der Waals surface area contributed by atoms with Crippen LogP contribution in [0, 0.1) is 12.9 Å². The lowest BCUT2D eigenvalue weighted by Gasteiger charge is -2.33. The summed E-state index contributed by atoms with van der Waals surface area (Å²) in [5.74, 6) is -0.387. The number of carbonyl (C=O) groups excluding carboxylic acids is 2. The summed E-state index contributed by atoms with van der Waals surface area (Å²) < 4.78 is 47.2. The van der Waals surface area contributed by atoms with E-state index in [0.29, 0.717) is 41.2 Å². The van der Waals surface area contributed by atoms with Crippen molar-refractivity contribution < 1.29 is 27.1 Å². The van der Waals surface area contributed by atoms with E-state index in [-0.39, 0.29) is 51.9 Å². The third kappa shape index (κ3) is 8.82. The number of halogens is 2. The fraction of sp³-hybridized carbons (Fsp3) is 0.410. The zero-order chi connectivity index (χ0) is 38.7. The van der Waals surface area contributed by atoms with Gasteiger partial charge in [0.25, 0.3) is 0 Å². The molecule has 1 atom stereocenters. The normalized spacial score (nSPS) is 17.2. The van der Waals surface area contributed by atoms with E-state index in [2.05, 4.69) is 48.8 Å². The smallest absolute Gasteiger partial charge is 0.234 e. The van der Waals surface area contributed by atoms with E-state index < -0.39 is 27.0 Å². The average Bonchev–Trinajstić information content (AvgIpc) is 3.12. The van der Waals surface area contributed by atoms with Crippen molar-refractivity contribution in [2.24, 2.45) is 0 Å². The van der Waals surface area contributed by atoms with Crippen molar-refractivity contribution in [1.29, 1.82) is 0 Å². The molecule has 2 aromatic carbocycles. The molecule has 12 nitrogen and oxygen atoms in total. The van der Waals surface area contributed by atoms with Crippen molar-refractivity contribution >= 4 is 56.4 Å². The van der Waals surface area contributed by atoms with Crippen LogP contribution < -0.4 is 20.7 Å². The van der Waals surface area contributed by atoms with Crippen LogP contribution in [0.15, 0.2) is 59.8 Å². The second-order valence-electron chi connectivity index (χ2n) is 14.4. The standard InChI is InChI=1S/C39H45ClFN7O5S/c1-22(2)53-33-18-29(25-12-14-48(15-13-25)21-27-17-26(19-42-36(27)41)28-10-11-35(49)46-38(28)50)24(5)16-32(33)45-39-43-20-30(40)37(47-39)44-31-8-6-7-9-34(31)54(51,52)23(3)4/h6-9,16-20,22-23,25,28H,10-15,21H2,1-5H3,(H,46,49,50)(H2,43,44,45,47). The number of nitrogens with one attached hydrogen (secondary N) is 3. The number of para-hydroxylation sites is 1. The molecule has 2 fully saturated rings. The molecule has 4 aromatic rings. The lowest BCUT2D eigenvalue weighted by atomic mass is 9.86. The quantitative estimate of drug-likeness (QED) is 0.0978. The second kappa shape index (κ2) is 16.4. The molecule has 2 aromatic heterocycles. The zero-order valence-electron chi connectivity index (χ0n) is 30.9. The fourth-order valence-corrected chi connectivity index (χ4v) is 8.24. The lowest BCUT2D eigenvalue weighted by molar-refractivity contribution is -0.134. The summed E-state index contributed by atoms with van der Waals surface area (Å²) >= 11 is 6.48. The number of likely N-dealkylation sites (tertiary alicyclic amines) is 1. The van der Waals surface area contributed by atoms with Crippen LogP contribution in [-0.4, -0.2) is 64.5 Å². The zero-order valence-corrected chi connectivity index (χ0v) is 32.5. The fourth-order valence-electron chi connectivity index (χ4n) is 6.90. The first-order valence-corrected chi connectivity index (χ1v) is 20.0. The first-order chi connectivity index (χ1) is 25.7. The SMILES string of the molecule is Cc1cc(Nc2ncc(Cl)c(Nc3ccccc3S(=O)(=O)C(C)C)n2)c(OC(C)C)cc1C1CCN(Cc2cc(C3CCC(=O)NC3=O)cnc2F)CC1. The number of amides is 2. The number of pyridine rings is 1. The lowest BCUT2D eigenvalue weighted by Crippen LogP contribution is -2.39. The van der Waals surface area contributed by atoms with Gasteiger partial charge in [0.05, 0.1) is 39.7 Å². The molecule has 286 valence electrons. The highest BCUT2D eigenvalue weighted by Gasteiger charge is 2.30. The topological polar surface area (TPSA) is 156 Å². The molecule has 0 aliphatic carbocycles. The van der Waals surface area contributed by atoms with Crippen LogP contribution in [0.1, 0.15) is 87.5 Å². The van der Waals surface area contributed by atoms with Gasteiger partial charge in [-0.1, -0.05) is 23.7 Å². The Hall–Kier alpha value is -4.66. The largest absolute Gasteiger partial charge is 0.489 e. The number of nitrogens with zero attached hydrogens (tertiary/aromatic N) is 4. The number of hydrogen-bond acceptors (Lipinski definition) is 11. The summed E-state index contributed by atoms with van der Waals surface area (Å²) in [6.07, 6.45) is 5.04. The van der Waals surface area contributed by atoms with Gasteiger partial charge in [-0.15, -0.1) is 0 Å². The molecule has 0 spiro atoms. The molecule has 54 heavy (non-hydrogen) atoms. The first kappa shape index (κ1) is 39.0. The van der Waals surface area contributed by atoms with Crippen LogP contribution in [0.5, 0.6) is 5.75 Å². The summed E-state index contributed by atoms with van der Waals surface area (Å²) in [6.45, 7) is 11.1. The molecular formula is C39H45ClFN7O5S. The Balaban J connectivity index is 1.17. The molecule has 0 radical (unpaired) electrons. The highest BCUT2D eigenvalue weighted by molar-refractivity contribution is 7.92. The van der Waals surface area contributed by atoms with Gasteiger partial charge >= 0.3 is 0 Å². The first-order valence-electron chi connectivity index (χ1n) is 18.1. The van der Waals surface area contributed by atoms with Crippen LogP contribution in [0.3, 0.4) is 0 Å². The Bertz CT molecular complexity index is 2160. The van der Waals surface area contributed by atoms with Crippen LogP contribution >= 0.6 is 11.6 Å². The van der Waals surface area contributed by atoms with Crippen molar-refractivity contribution in [2.75, 3.05) is 23.7 Å². The van der Waals surface area contributed by atoms with Gasteiger partial charge in [-0.05, 0) is 120 Å². The Morgan fingerprint density at radius 2 is 1.74 bits per heavy atom. The minimum absolute atomic E-state index is 0.120. The van der Waals surface area contributed by atoms with Crippen molar-refractivity contribution in [1.82, 2.24) is 25.2 Å². The molecule has 0 bridgehead atoms. The van der Waals surface area contributed by atoms with Crippen LogP contribution in [-0.2, 0) is 26.0 Å². The predicted octanol–water partition coefficient (Wildman–Crippen LogP) is 7.33. The van der Waals surface area contributed by atoms with Gasteiger partial charge in [-0.25, -0.2) is 18.4 Å². The van der Waals surface area contributed by atoms with Crippen molar-refractivity contribution in [3.05, 3.63) is 88.1 Å². The van der Waals surface area contributed by atoms with Crippen molar-refractivity contribution in [3.63, 3.8) is 0 Å². The van der Waals surface area contributed by atoms with Gasteiger partial charge in [-0.2, -0.15) is 9.37 Å². The number of aromatic nitrogens is 3. The Kier molecular flexibility index (Phi) is 11.8. The number of ether oxygens (including phenoxy) is 1. The molecule has 2 aliphatic rings. The number of aryl methyl sites for hydroxylation is 1. The van der Waals surface area contributed by atoms with E-state index in [4.69, 9.17) is 16.3 Å². The van der Waals surface area contributed by atoms with E-state index in [1.165, 1.54) is 12.4 Å². The molecule has 2 saturated heterocycles. The van der Waals surface area contributed by atoms with Crippen molar-refractivity contribution in [3.8, 4) is 5.75 Å². The van der Waals surface area contributed by atoms with Gasteiger partial charge in [-0.3, -0.25) is 19.8 Å². The minimum Gasteiger partial charge on any atom is -0.489 e. The summed E-state index contributed by atoms with van der Waals surface area (Å²) in [6, 6.07) is 12.4. The Morgan fingerprint density at radius 1 is 1.00 bits per heavy atom. The number of imide groups is 1. The molecule has 1 unspecified atom stereocenters. The maximum absolute atomic E-state index is 14.9. The number of rotatable bonds is 12. The van der Waals surface area contributed by atoms with Gasteiger partial charge < -0.3 is 15.4 Å². The number of hydrogen-bond donors (Lipinski definition) is 3. The number of benzene rings is 2. The average molecular weight is 778 g/mol. The van der Waals surface area contributed by atoms with Gasteiger partial charge in [0.15, 0.2) is 15.7 Å². The maximum Gasteiger partial charge on any atom is 0.234 e. The van der Waals surface area contributed by atoms with E-state index in [9.17, 15) is 22.4 Å². The van der Waals surface area contributed by atoms with E-state index in [1.807, 2.05) is 19.9 Å². The molecule has 6 rings (SSSR count). The third-order valence-electron chi connectivity index (χ3n) is 9.78. The summed E-state index contributed by atoms with van der Waals surface area (Å²) in [4.78, 5) is 39.3. The molecule has 2 amide bonds. The molecular weight excluding hydrogens is 733 g/mol. The number of sulfone groups is 1. The van der Waals surface area contributed by atoms with Crippen molar-refractivity contribution in [2.45, 2.75) is 94.9 Å². The Morgan fingerprint density at radius 3 is 2.44 bits per heavy atom. The van der Waals surface area contributed by atoms with Crippen LogP contribution in [0.2, 0.25) is 5.02 Å². The molecule has 3 N–H and O–H groups in total. The highest BCUT2D eigenvalue weighted by atomic mass is 35.5. The number of anilines is 4. The monoisotopic (exact) mass is 777 g/mol. The van der Waals surface area contributed by atoms with Crippen LogP contribution in [0.4, 0.5) is 27.5 Å². The molecule has 0 saturated carbocycles. The number of piperidine rings is 2. The minimum atomic E-state index is -3.58. The van der Waals surface area contributed by atoms with E-state index >= 15 is 0 Å². The highest BCUT2D eigenvalue weighted by Crippen LogP contribution is 2.39. The molecule has 2 aliphatic heterocycles. The summed E-state index contributed by atoms with van der Waals surface area (Å²) in [5.41, 5.74) is 4.28. The second-order valence-corrected chi connectivity index (χ2v) is 17.3. The molecule has 4 heterocycles. The van der Waals surface area contributed by atoms with Crippen LogP contribution in [0.25, 0.3) is 0 Å². The van der Waals surface area contributed by atoms with Gasteiger partial charge in [0.2, 0.25) is 23.7 Å². The van der Waals surface area contributed by atoms with E-state index in [1.54, 1.807) is 44.2 Å². The maximum atomic E-state index is 14.9. The summed E-state index contributed by atoms with van der Waals surface area (Å²) in [5, 5.41) is 8.34. The van der Waals surface area contributed by atoms with E-state index in [0.717, 1.165) is 37.1 Å². The summed E-state index contributed by atoms with van der Waals surface area (Å²) in [7, 11) is -3.58. The predicted molar refractivity (Wildman–Crippen MR) is 206 cm³/mol. The molecule has 15 heteroatoms.